The minimum Gasteiger partial charge on any atom is -0.339 e. The van der Waals surface area contributed by atoms with E-state index in [2.05, 4.69) is 10.2 Å². The van der Waals surface area contributed by atoms with Gasteiger partial charge >= 0.3 is 0 Å². The molecule has 0 saturated carbocycles. The first kappa shape index (κ1) is 9.08. The molecule has 1 aromatic carbocycles. The molecule has 2 aromatic heterocycles. The van der Waals surface area contributed by atoms with Crippen LogP contribution in [-0.2, 0) is 7.05 Å². The summed E-state index contributed by atoms with van der Waals surface area (Å²) >= 11 is 0. The average Bonchev–Trinajstić information content (AvgIpc) is 2.54. The van der Waals surface area contributed by atoms with Crippen LogP contribution in [0.1, 0.15) is 0 Å². The Hall–Kier alpha value is -2.17. The van der Waals surface area contributed by atoms with Gasteiger partial charge in [-0.25, -0.2) is 9.49 Å². The third kappa shape index (κ3) is 1.02. The van der Waals surface area contributed by atoms with Crippen molar-refractivity contribution >= 4 is 21.8 Å². The van der Waals surface area contributed by atoms with Crippen molar-refractivity contribution in [1.82, 2.24) is 14.8 Å². The third-order valence-corrected chi connectivity index (χ3v) is 2.78. The van der Waals surface area contributed by atoms with Gasteiger partial charge in [0.1, 0.15) is 11.3 Å². The molecule has 1 N–H and O–H groups in total. The highest BCUT2D eigenvalue weighted by Crippen LogP contribution is 2.25. The number of benzene rings is 1. The van der Waals surface area contributed by atoms with Crippen LogP contribution < -0.4 is 5.56 Å². The number of aromatic nitrogens is 3. The van der Waals surface area contributed by atoms with Gasteiger partial charge in [-0.2, -0.15) is 5.10 Å². The fourth-order valence-electron chi connectivity index (χ4n) is 2.05. The summed E-state index contributed by atoms with van der Waals surface area (Å²) in [6.07, 6.45) is 1.58. The highest BCUT2D eigenvalue weighted by atomic mass is 19.1. The van der Waals surface area contributed by atoms with Crippen molar-refractivity contribution in [1.29, 1.82) is 0 Å². The maximum atomic E-state index is 13.1. The van der Waals surface area contributed by atoms with Crippen LogP contribution in [0.25, 0.3) is 21.8 Å². The minimum atomic E-state index is -0.317. The summed E-state index contributed by atoms with van der Waals surface area (Å²) < 4.78 is 14.8. The van der Waals surface area contributed by atoms with Gasteiger partial charge in [0.2, 0.25) is 0 Å². The van der Waals surface area contributed by atoms with Crippen molar-refractivity contribution < 1.29 is 4.39 Å². The van der Waals surface area contributed by atoms with Gasteiger partial charge < -0.3 is 4.57 Å². The van der Waals surface area contributed by atoms with Crippen molar-refractivity contribution in [3.63, 3.8) is 0 Å². The van der Waals surface area contributed by atoms with E-state index < -0.39 is 0 Å². The number of nitrogens with one attached hydrogen (secondary N) is 1. The minimum absolute atomic E-state index is 0.267. The van der Waals surface area contributed by atoms with Crippen molar-refractivity contribution in [2.24, 2.45) is 7.05 Å². The van der Waals surface area contributed by atoms with E-state index in [1.54, 1.807) is 23.9 Å². The first-order chi connectivity index (χ1) is 7.68. The first-order valence-corrected chi connectivity index (χ1v) is 4.80. The molecule has 0 aliphatic heterocycles. The Balaban J connectivity index is 2.70. The lowest BCUT2D eigenvalue weighted by Crippen LogP contribution is -2.10. The van der Waals surface area contributed by atoms with Crippen LogP contribution in [0.5, 0.6) is 0 Å². The van der Waals surface area contributed by atoms with Gasteiger partial charge in [0.25, 0.3) is 5.56 Å². The van der Waals surface area contributed by atoms with Crippen LogP contribution in [-0.4, -0.2) is 14.8 Å². The fraction of sp³-hybridized carbons (Fsp3) is 0.0909. The second-order valence-electron chi connectivity index (χ2n) is 3.68. The summed E-state index contributed by atoms with van der Waals surface area (Å²) in [7, 11) is 1.74. The molecule has 0 radical (unpaired) electrons. The Morgan fingerprint density at radius 1 is 1.38 bits per heavy atom. The normalized spacial score (nSPS) is 11.4. The smallest absolute Gasteiger partial charge is 0.288 e. The maximum Gasteiger partial charge on any atom is 0.288 e. The lowest BCUT2D eigenvalue weighted by molar-refractivity contribution is 0.629. The number of halogens is 1. The standard InChI is InChI=1S/C11H8FN3O/c1-15-9-4-6(12)2-3-7(9)8-5-13-14-11(16)10(8)15/h2-5H,1H3,(H,14,16). The van der Waals surface area contributed by atoms with Gasteiger partial charge in [-0.15, -0.1) is 0 Å². The van der Waals surface area contributed by atoms with Crippen molar-refractivity contribution in [2.75, 3.05) is 0 Å². The topological polar surface area (TPSA) is 50.7 Å². The molecule has 80 valence electrons. The molecule has 0 spiro atoms. The Labute approximate surface area is 89.3 Å². The molecule has 2 heterocycles. The molecule has 16 heavy (non-hydrogen) atoms. The summed E-state index contributed by atoms with van der Waals surface area (Å²) in [5.41, 5.74) is 0.931. The third-order valence-electron chi connectivity index (χ3n) is 2.78. The molecule has 0 atom stereocenters. The average molecular weight is 217 g/mol. The van der Waals surface area contributed by atoms with Crippen LogP contribution in [0.2, 0.25) is 0 Å². The summed E-state index contributed by atoms with van der Waals surface area (Å²) in [6, 6.07) is 4.45. The van der Waals surface area contributed by atoms with Gasteiger partial charge in [0, 0.05) is 17.8 Å². The molecular weight excluding hydrogens is 209 g/mol. The van der Waals surface area contributed by atoms with E-state index in [-0.39, 0.29) is 11.4 Å². The van der Waals surface area contributed by atoms with E-state index in [1.165, 1.54) is 12.1 Å². The summed E-state index contributed by atoms with van der Waals surface area (Å²) in [5.74, 6) is -0.317. The monoisotopic (exact) mass is 217 g/mol. The van der Waals surface area contributed by atoms with E-state index in [4.69, 9.17) is 0 Å². The molecule has 0 unspecified atom stereocenters. The van der Waals surface area contributed by atoms with Crippen LogP contribution in [0.4, 0.5) is 4.39 Å². The van der Waals surface area contributed by atoms with E-state index in [0.717, 1.165) is 10.8 Å². The first-order valence-electron chi connectivity index (χ1n) is 4.80. The molecule has 0 saturated heterocycles. The summed E-state index contributed by atoms with van der Waals surface area (Å²) in [6.45, 7) is 0. The van der Waals surface area contributed by atoms with Crippen LogP contribution in [0.3, 0.4) is 0 Å². The number of aromatic amines is 1. The number of hydrogen-bond donors (Lipinski definition) is 1. The number of nitrogens with zero attached hydrogens (tertiary/aromatic N) is 2. The molecule has 3 aromatic rings. The van der Waals surface area contributed by atoms with Gasteiger partial charge in [-0.05, 0) is 18.2 Å². The number of fused-ring (bicyclic) bond motifs is 3. The van der Waals surface area contributed by atoms with Crippen molar-refractivity contribution in [3.8, 4) is 0 Å². The van der Waals surface area contributed by atoms with Crippen LogP contribution in [0.15, 0.2) is 29.2 Å². The highest BCUT2D eigenvalue weighted by Gasteiger charge is 2.11. The van der Waals surface area contributed by atoms with Crippen molar-refractivity contribution in [3.05, 3.63) is 40.6 Å². The predicted octanol–water partition coefficient (Wildman–Crippen LogP) is 1.55. The lowest BCUT2D eigenvalue weighted by Gasteiger charge is -1.95. The molecule has 5 heteroatoms. The van der Waals surface area contributed by atoms with Crippen molar-refractivity contribution in [2.45, 2.75) is 0 Å². The largest absolute Gasteiger partial charge is 0.339 e. The number of hydrogen-bond acceptors (Lipinski definition) is 2. The zero-order valence-electron chi connectivity index (χ0n) is 8.49. The number of H-pyrrole nitrogens is 1. The van der Waals surface area contributed by atoms with E-state index in [0.29, 0.717) is 11.0 Å². The second-order valence-corrected chi connectivity index (χ2v) is 3.68. The zero-order valence-corrected chi connectivity index (χ0v) is 8.49. The van der Waals surface area contributed by atoms with Gasteiger partial charge in [0.05, 0.1) is 11.7 Å². The molecule has 0 aliphatic rings. The highest BCUT2D eigenvalue weighted by molar-refractivity contribution is 6.07. The van der Waals surface area contributed by atoms with Crippen LogP contribution in [0, 0.1) is 5.82 Å². The molecule has 0 aliphatic carbocycles. The maximum absolute atomic E-state index is 13.1. The number of rotatable bonds is 0. The molecule has 0 bridgehead atoms. The van der Waals surface area contributed by atoms with E-state index >= 15 is 0 Å². The molecule has 0 fully saturated rings. The SMILES string of the molecule is Cn1c2cc(F)ccc2c2cn[nH]c(=O)c21. The molecule has 0 amide bonds. The predicted molar refractivity (Wildman–Crippen MR) is 58.8 cm³/mol. The Bertz CT molecular complexity index is 757. The lowest BCUT2D eigenvalue weighted by atomic mass is 10.2. The summed E-state index contributed by atoms with van der Waals surface area (Å²) in [4.78, 5) is 11.6. The second kappa shape index (κ2) is 2.91. The Kier molecular flexibility index (Phi) is 1.65. The van der Waals surface area contributed by atoms with E-state index in [9.17, 15) is 9.18 Å². The molecule has 3 rings (SSSR count). The fourth-order valence-corrected chi connectivity index (χ4v) is 2.05. The van der Waals surface area contributed by atoms with Crippen LogP contribution >= 0.6 is 0 Å². The van der Waals surface area contributed by atoms with Gasteiger partial charge in [-0.1, -0.05) is 0 Å². The Morgan fingerprint density at radius 2 is 2.19 bits per heavy atom. The summed E-state index contributed by atoms with van der Waals surface area (Å²) in [5, 5.41) is 7.69. The van der Waals surface area contributed by atoms with Gasteiger partial charge in [0.15, 0.2) is 0 Å². The Morgan fingerprint density at radius 3 is 3.00 bits per heavy atom. The zero-order chi connectivity index (χ0) is 11.3. The molecular formula is C11H8FN3O. The quantitative estimate of drug-likeness (QED) is 0.621. The van der Waals surface area contributed by atoms with Gasteiger partial charge in [-0.3, -0.25) is 4.79 Å². The number of aryl methyl sites for hydroxylation is 1. The molecule has 4 nitrogen and oxygen atoms in total. The van der Waals surface area contributed by atoms with E-state index in [1.807, 2.05) is 0 Å².